The van der Waals surface area contributed by atoms with Crippen molar-refractivity contribution < 1.29 is 19.1 Å². The van der Waals surface area contributed by atoms with Gasteiger partial charge in [0.05, 0.1) is 17.7 Å². The zero-order valence-corrected chi connectivity index (χ0v) is 14.4. The number of hydrogen-bond donors (Lipinski definition) is 2. The van der Waals surface area contributed by atoms with Gasteiger partial charge in [-0.1, -0.05) is 12.1 Å². The Labute approximate surface area is 146 Å². The molecule has 3 rings (SSSR count). The molecule has 0 radical (unpaired) electrons. The van der Waals surface area contributed by atoms with E-state index in [0.717, 1.165) is 17.2 Å². The highest BCUT2D eigenvalue weighted by Crippen LogP contribution is 2.33. The first-order chi connectivity index (χ1) is 11.9. The van der Waals surface area contributed by atoms with E-state index in [1.165, 1.54) is 0 Å². The number of rotatable bonds is 6. The van der Waals surface area contributed by atoms with E-state index in [1.54, 1.807) is 12.1 Å². The molecule has 1 aliphatic heterocycles. The molecule has 1 heterocycles. The van der Waals surface area contributed by atoms with Crippen molar-refractivity contribution >= 4 is 22.6 Å². The molecule has 1 atom stereocenters. The fourth-order valence-corrected chi connectivity index (χ4v) is 2.94. The minimum atomic E-state index is -0.530. The predicted octanol–water partition coefficient (Wildman–Crippen LogP) is 2.38. The van der Waals surface area contributed by atoms with Gasteiger partial charge in [-0.3, -0.25) is 9.59 Å². The third-order valence-corrected chi connectivity index (χ3v) is 4.09. The van der Waals surface area contributed by atoms with Gasteiger partial charge in [-0.05, 0) is 43.9 Å². The third-order valence-electron chi connectivity index (χ3n) is 4.09. The molecule has 1 aliphatic rings. The van der Waals surface area contributed by atoms with E-state index in [-0.39, 0.29) is 18.1 Å². The number of ether oxygens (including phenoxy) is 2. The van der Waals surface area contributed by atoms with Gasteiger partial charge in [0.2, 0.25) is 5.91 Å². The topological polar surface area (TPSA) is 90.7 Å². The summed E-state index contributed by atoms with van der Waals surface area (Å²) < 4.78 is 11.7. The van der Waals surface area contributed by atoms with Crippen molar-refractivity contribution in [3.05, 3.63) is 35.9 Å². The molecule has 1 unspecified atom stereocenters. The van der Waals surface area contributed by atoms with E-state index in [0.29, 0.717) is 30.1 Å². The van der Waals surface area contributed by atoms with E-state index in [2.05, 4.69) is 5.32 Å². The zero-order valence-electron chi connectivity index (χ0n) is 14.4. The number of carbonyl (C=O) groups is 2. The molecule has 2 aromatic rings. The van der Waals surface area contributed by atoms with Crippen molar-refractivity contribution in [3.8, 4) is 11.5 Å². The highest BCUT2D eigenvalue weighted by molar-refractivity contribution is 6.02. The molecule has 0 bridgehead atoms. The van der Waals surface area contributed by atoms with Gasteiger partial charge in [0.1, 0.15) is 18.1 Å². The molecule has 132 valence electrons. The van der Waals surface area contributed by atoms with E-state index < -0.39 is 5.91 Å². The molecule has 6 heteroatoms. The maximum atomic E-state index is 11.7. The molecule has 0 aromatic heterocycles. The average Bonchev–Trinajstić information content (AvgIpc) is 2.97. The first kappa shape index (κ1) is 17.1. The van der Waals surface area contributed by atoms with Crippen LogP contribution < -0.4 is 20.5 Å². The van der Waals surface area contributed by atoms with Gasteiger partial charge >= 0.3 is 0 Å². The van der Waals surface area contributed by atoms with Crippen molar-refractivity contribution in [2.24, 2.45) is 5.73 Å². The Hall–Kier alpha value is -2.76. The van der Waals surface area contributed by atoms with Crippen LogP contribution >= 0.6 is 0 Å². The SMILES string of the molecule is CC(C)Oc1cc2c(OCC3CCC(=O)N3)cccc2cc1C(N)=O. The summed E-state index contributed by atoms with van der Waals surface area (Å²) in [5.74, 6) is 0.659. The smallest absolute Gasteiger partial charge is 0.252 e. The van der Waals surface area contributed by atoms with Gasteiger partial charge in [-0.15, -0.1) is 0 Å². The summed E-state index contributed by atoms with van der Waals surface area (Å²) in [7, 11) is 0. The summed E-state index contributed by atoms with van der Waals surface area (Å²) in [6.07, 6.45) is 1.23. The predicted molar refractivity (Wildman–Crippen MR) is 94.9 cm³/mol. The fraction of sp³-hybridized carbons (Fsp3) is 0.368. The number of primary amides is 1. The van der Waals surface area contributed by atoms with Crippen LogP contribution in [-0.4, -0.2) is 30.6 Å². The van der Waals surface area contributed by atoms with Gasteiger partial charge < -0.3 is 20.5 Å². The first-order valence-electron chi connectivity index (χ1n) is 8.39. The number of carbonyl (C=O) groups excluding carboxylic acids is 2. The molecule has 2 aromatic carbocycles. The zero-order chi connectivity index (χ0) is 18.0. The molecule has 1 saturated heterocycles. The number of nitrogens with two attached hydrogens (primary N) is 1. The Kier molecular flexibility index (Phi) is 4.79. The largest absolute Gasteiger partial charge is 0.491 e. The molecular formula is C19H22N2O4. The van der Waals surface area contributed by atoms with Crippen LogP contribution in [-0.2, 0) is 4.79 Å². The summed E-state index contributed by atoms with van der Waals surface area (Å²) in [6.45, 7) is 4.18. The van der Waals surface area contributed by atoms with E-state index >= 15 is 0 Å². The third kappa shape index (κ3) is 3.84. The summed E-state index contributed by atoms with van der Waals surface area (Å²) in [5.41, 5.74) is 5.83. The van der Waals surface area contributed by atoms with E-state index in [9.17, 15) is 9.59 Å². The number of benzene rings is 2. The number of amides is 2. The lowest BCUT2D eigenvalue weighted by Crippen LogP contribution is -2.30. The van der Waals surface area contributed by atoms with E-state index in [4.69, 9.17) is 15.2 Å². The van der Waals surface area contributed by atoms with Crippen molar-refractivity contribution in [1.29, 1.82) is 0 Å². The van der Waals surface area contributed by atoms with Gasteiger partial charge in [0.25, 0.3) is 5.91 Å². The lowest BCUT2D eigenvalue weighted by atomic mass is 10.0. The van der Waals surface area contributed by atoms with Crippen LogP contribution in [0.3, 0.4) is 0 Å². The van der Waals surface area contributed by atoms with Gasteiger partial charge in [-0.25, -0.2) is 0 Å². The lowest BCUT2D eigenvalue weighted by Gasteiger charge is -2.17. The van der Waals surface area contributed by atoms with Crippen LogP contribution in [0.1, 0.15) is 37.0 Å². The maximum Gasteiger partial charge on any atom is 0.252 e. The van der Waals surface area contributed by atoms with Crippen molar-refractivity contribution in [1.82, 2.24) is 5.32 Å². The second-order valence-corrected chi connectivity index (χ2v) is 6.47. The minimum Gasteiger partial charge on any atom is -0.491 e. The highest BCUT2D eigenvalue weighted by atomic mass is 16.5. The quantitative estimate of drug-likeness (QED) is 0.843. The first-order valence-corrected chi connectivity index (χ1v) is 8.39. The van der Waals surface area contributed by atoms with Crippen molar-refractivity contribution in [2.75, 3.05) is 6.61 Å². The van der Waals surface area contributed by atoms with Gasteiger partial charge in [-0.2, -0.15) is 0 Å². The van der Waals surface area contributed by atoms with Crippen LogP contribution in [0.25, 0.3) is 10.8 Å². The van der Waals surface area contributed by atoms with Gasteiger partial charge in [0, 0.05) is 11.8 Å². The Bertz CT molecular complexity index is 816. The monoisotopic (exact) mass is 342 g/mol. The maximum absolute atomic E-state index is 11.7. The molecule has 3 N–H and O–H groups in total. The summed E-state index contributed by atoms with van der Waals surface area (Å²) >= 11 is 0. The normalized spacial score (nSPS) is 16.9. The van der Waals surface area contributed by atoms with E-state index in [1.807, 2.05) is 32.0 Å². The highest BCUT2D eigenvalue weighted by Gasteiger charge is 2.21. The molecule has 1 fully saturated rings. The molecule has 0 spiro atoms. The number of hydrogen-bond acceptors (Lipinski definition) is 4. The lowest BCUT2D eigenvalue weighted by molar-refractivity contribution is -0.119. The Morgan fingerprint density at radius 3 is 2.76 bits per heavy atom. The van der Waals surface area contributed by atoms with Crippen LogP contribution in [0.5, 0.6) is 11.5 Å². The van der Waals surface area contributed by atoms with Crippen molar-refractivity contribution in [2.45, 2.75) is 38.8 Å². The Morgan fingerprint density at radius 1 is 1.32 bits per heavy atom. The summed E-state index contributed by atoms with van der Waals surface area (Å²) in [4.78, 5) is 23.0. The molecule has 6 nitrogen and oxygen atoms in total. The molecule has 0 saturated carbocycles. The Morgan fingerprint density at radius 2 is 2.12 bits per heavy atom. The van der Waals surface area contributed by atoms with Crippen LogP contribution in [0.4, 0.5) is 0 Å². The second-order valence-electron chi connectivity index (χ2n) is 6.47. The Balaban J connectivity index is 1.93. The number of fused-ring (bicyclic) bond motifs is 1. The van der Waals surface area contributed by atoms with Gasteiger partial charge in [0.15, 0.2) is 0 Å². The minimum absolute atomic E-state index is 0.0269. The molecule has 0 aliphatic carbocycles. The standard InChI is InChI=1S/C19H22N2O4/c1-11(2)25-17-9-14-12(8-15(17)19(20)23)4-3-5-16(14)24-10-13-6-7-18(22)21-13/h3-5,8-9,11,13H,6-7,10H2,1-2H3,(H2,20,23)(H,21,22). The summed E-state index contributed by atoms with van der Waals surface area (Å²) in [6, 6.07) is 9.16. The van der Waals surface area contributed by atoms with Crippen LogP contribution in [0.2, 0.25) is 0 Å². The number of nitrogens with one attached hydrogen (secondary N) is 1. The fourth-order valence-electron chi connectivity index (χ4n) is 2.94. The summed E-state index contributed by atoms with van der Waals surface area (Å²) in [5, 5.41) is 4.57. The van der Waals surface area contributed by atoms with Crippen LogP contribution in [0.15, 0.2) is 30.3 Å². The molecular weight excluding hydrogens is 320 g/mol. The molecule has 2 amide bonds. The second kappa shape index (κ2) is 7.01. The van der Waals surface area contributed by atoms with Crippen LogP contribution in [0, 0.1) is 0 Å². The van der Waals surface area contributed by atoms with Crippen molar-refractivity contribution in [3.63, 3.8) is 0 Å². The molecule has 25 heavy (non-hydrogen) atoms. The average molecular weight is 342 g/mol.